The number of imidazole rings is 1. The number of nitrogens with zero attached hydrogens (tertiary/aromatic N) is 5. The summed E-state index contributed by atoms with van der Waals surface area (Å²) in [6.07, 6.45) is 5.76. The molecule has 1 aliphatic rings. The predicted molar refractivity (Wildman–Crippen MR) is 147 cm³/mol. The maximum absolute atomic E-state index is 12.3. The molecule has 188 valence electrons. The number of benzene rings is 2. The van der Waals surface area contributed by atoms with Gasteiger partial charge in [-0.05, 0) is 68.2 Å². The van der Waals surface area contributed by atoms with Gasteiger partial charge in [-0.15, -0.1) is 0 Å². The molecule has 1 fully saturated rings. The first-order chi connectivity index (χ1) is 18.2. The second kappa shape index (κ2) is 10.1. The van der Waals surface area contributed by atoms with Crippen molar-refractivity contribution in [1.82, 2.24) is 29.4 Å². The smallest absolute Gasteiger partial charge is 0.326 e. The summed E-state index contributed by atoms with van der Waals surface area (Å²) in [6.45, 7) is 6.32. The number of nitrogens with one attached hydrogen (secondary N) is 2. The number of hydrogen-bond acceptors (Lipinski definition) is 6. The highest BCUT2D eigenvalue weighted by molar-refractivity contribution is 5.98. The third-order valence-electron chi connectivity index (χ3n) is 7.50. The van der Waals surface area contributed by atoms with Crippen LogP contribution in [0.25, 0.3) is 21.9 Å². The van der Waals surface area contributed by atoms with E-state index >= 15 is 0 Å². The average Bonchev–Trinajstić information content (AvgIpc) is 3.25. The van der Waals surface area contributed by atoms with Crippen LogP contribution in [0, 0.1) is 0 Å². The molecule has 2 N–H and O–H groups in total. The number of likely N-dealkylation sites (tertiary alicyclic amines) is 1. The number of piperidine rings is 1. The minimum Gasteiger partial charge on any atom is -0.365 e. The fraction of sp³-hybridized carbons (Fsp3) is 0.310. The third kappa shape index (κ3) is 4.72. The van der Waals surface area contributed by atoms with Crippen molar-refractivity contribution in [1.29, 1.82) is 0 Å². The Labute approximate surface area is 215 Å². The van der Waals surface area contributed by atoms with Crippen molar-refractivity contribution in [3.63, 3.8) is 0 Å². The molecule has 37 heavy (non-hydrogen) atoms. The van der Waals surface area contributed by atoms with Crippen molar-refractivity contribution in [3.05, 3.63) is 94.4 Å². The lowest BCUT2D eigenvalue weighted by Crippen LogP contribution is -2.33. The van der Waals surface area contributed by atoms with Crippen molar-refractivity contribution in [2.24, 2.45) is 0 Å². The Morgan fingerprint density at radius 2 is 1.81 bits per heavy atom. The van der Waals surface area contributed by atoms with Gasteiger partial charge in [-0.25, -0.2) is 14.8 Å². The maximum Gasteiger partial charge on any atom is 0.326 e. The molecule has 4 heterocycles. The second-order valence-corrected chi connectivity index (χ2v) is 9.71. The van der Waals surface area contributed by atoms with Crippen LogP contribution in [0.3, 0.4) is 0 Å². The van der Waals surface area contributed by atoms with Gasteiger partial charge in [-0.1, -0.05) is 30.3 Å². The molecule has 0 bridgehead atoms. The number of anilines is 1. The van der Waals surface area contributed by atoms with E-state index in [0.29, 0.717) is 19.0 Å². The lowest BCUT2D eigenvalue weighted by molar-refractivity contribution is 0.203. The number of rotatable bonds is 7. The number of aryl methyl sites for hydroxylation is 1. The largest absolute Gasteiger partial charge is 0.365 e. The summed E-state index contributed by atoms with van der Waals surface area (Å²) in [5.74, 6) is 1.32. The monoisotopic (exact) mass is 493 g/mol. The molecule has 1 saturated heterocycles. The van der Waals surface area contributed by atoms with E-state index in [1.165, 1.54) is 16.8 Å². The Morgan fingerprint density at radius 3 is 2.59 bits per heavy atom. The summed E-state index contributed by atoms with van der Waals surface area (Å²) < 4.78 is 1.72. The van der Waals surface area contributed by atoms with Gasteiger partial charge < -0.3 is 10.3 Å². The van der Waals surface area contributed by atoms with E-state index in [1.54, 1.807) is 10.9 Å². The number of fused-ring (bicyclic) bond motifs is 2. The number of H-pyrrole nitrogens is 1. The van der Waals surface area contributed by atoms with Gasteiger partial charge >= 0.3 is 5.69 Å². The summed E-state index contributed by atoms with van der Waals surface area (Å²) in [5.41, 5.74) is 6.18. The minimum atomic E-state index is -0.103. The van der Waals surface area contributed by atoms with E-state index in [0.717, 1.165) is 60.2 Å². The van der Waals surface area contributed by atoms with Crippen LogP contribution in [0.15, 0.2) is 71.9 Å². The highest BCUT2D eigenvalue weighted by Gasteiger charge is 2.22. The fourth-order valence-electron chi connectivity index (χ4n) is 5.47. The van der Waals surface area contributed by atoms with Gasteiger partial charge in [0.2, 0.25) is 0 Å². The van der Waals surface area contributed by atoms with E-state index in [1.807, 2.05) is 31.3 Å². The van der Waals surface area contributed by atoms with Gasteiger partial charge in [0.25, 0.3) is 0 Å². The maximum atomic E-state index is 12.3. The van der Waals surface area contributed by atoms with Crippen LogP contribution in [0.1, 0.15) is 42.5 Å². The van der Waals surface area contributed by atoms with Crippen LogP contribution < -0.4 is 11.0 Å². The van der Waals surface area contributed by atoms with Crippen LogP contribution in [0.5, 0.6) is 0 Å². The van der Waals surface area contributed by atoms with Gasteiger partial charge in [-0.3, -0.25) is 14.5 Å². The predicted octanol–water partition coefficient (Wildman–Crippen LogP) is 4.68. The lowest BCUT2D eigenvalue weighted by atomic mass is 9.92. The molecular formula is C29H31N7O. The number of aromatic amines is 1. The molecule has 0 atom stereocenters. The van der Waals surface area contributed by atoms with Crippen LogP contribution in [-0.2, 0) is 19.6 Å². The number of pyridine rings is 1. The third-order valence-corrected chi connectivity index (χ3v) is 7.50. The molecule has 6 rings (SSSR count). The van der Waals surface area contributed by atoms with Crippen molar-refractivity contribution < 1.29 is 0 Å². The number of aromatic nitrogens is 5. The Kier molecular flexibility index (Phi) is 6.40. The van der Waals surface area contributed by atoms with Gasteiger partial charge in [0.15, 0.2) is 0 Å². The molecule has 8 nitrogen and oxygen atoms in total. The van der Waals surface area contributed by atoms with Gasteiger partial charge in [-0.2, -0.15) is 0 Å². The molecule has 3 aromatic heterocycles. The molecule has 0 amide bonds. The highest BCUT2D eigenvalue weighted by Crippen LogP contribution is 2.28. The summed E-state index contributed by atoms with van der Waals surface area (Å²) in [6, 6.07) is 18.8. The summed E-state index contributed by atoms with van der Waals surface area (Å²) in [7, 11) is 0. The van der Waals surface area contributed by atoms with E-state index in [2.05, 4.69) is 66.6 Å². The van der Waals surface area contributed by atoms with Crippen LogP contribution in [0.2, 0.25) is 0 Å². The fourth-order valence-corrected chi connectivity index (χ4v) is 5.47. The SMILES string of the molecule is CCn1c(=O)[nH]c2cc3c(NCc4ccccc4CN4CCC(c5ccccn5)CC4)ncnc3cc21. The van der Waals surface area contributed by atoms with E-state index in [4.69, 9.17) is 0 Å². The van der Waals surface area contributed by atoms with Crippen LogP contribution in [-0.4, -0.2) is 42.5 Å². The second-order valence-electron chi connectivity index (χ2n) is 9.71. The van der Waals surface area contributed by atoms with E-state index in [-0.39, 0.29) is 5.69 Å². The van der Waals surface area contributed by atoms with Gasteiger partial charge in [0.05, 0.1) is 16.6 Å². The highest BCUT2D eigenvalue weighted by atomic mass is 16.1. The minimum absolute atomic E-state index is 0.103. The van der Waals surface area contributed by atoms with Crippen LogP contribution in [0.4, 0.5) is 5.82 Å². The standard InChI is InChI=1S/C29H31N7O/c1-2-36-27-16-25-23(15-26(27)34-29(36)37)28(33-19-32-25)31-17-21-7-3-4-8-22(21)18-35-13-10-20(11-14-35)24-9-5-6-12-30-24/h3-9,12,15-16,19-20H,2,10-11,13-14,17-18H2,1H3,(H,34,37)(H,31,32,33). The Hall–Kier alpha value is -4.04. The molecule has 0 unspecified atom stereocenters. The lowest BCUT2D eigenvalue weighted by Gasteiger charge is -2.32. The molecule has 2 aromatic carbocycles. The first-order valence-electron chi connectivity index (χ1n) is 13.0. The molecule has 0 radical (unpaired) electrons. The first-order valence-corrected chi connectivity index (χ1v) is 13.0. The summed E-state index contributed by atoms with van der Waals surface area (Å²) in [4.78, 5) is 31.3. The van der Waals surface area contributed by atoms with Gasteiger partial charge in [0.1, 0.15) is 12.1 Å². The molecule has 5 aromatic rings. The Morgan fingerprint density at radius 1 is 1.00 bits per heavy atom. The molecule has 1 aliphatic heterocycles. The average molecular weight is 494 g/mol. The Balaban J connectivity index is 1.17. The normalized spacial score (nSPS) is 14.9. The first kappa shape index (κ1) is 23.4. The van der Waals surface area contributed by atoms with Crippen molar-refractivity contribution >= 4 is 27.8 Å². The number of hydrogen-bond donors (Lipinski definition) is 2. The van der Waals surface area contributed by atoms with Gasteiger partial charge in [0, 0.05) is 42.8 Å². The topological polar surface area (TPSA) is 91.7 Å². The summed E-state index contributed by atoms with van der Waals surface area (Å²) in [5, 5.41) is 4.43. The van der Waals surface area contributed by atoms with Crippen molar-refractivity contribution in [2.75, 3.05) is 18.4 Å². The molecule has 0 spiro atoms. The van der Waals surface area contributed by atoms with E-state index < -0.39 is 0 Å². The molecule has 8 heteroatoms. The summed E-state index contributed by atoms with van der Waals surface area (Å²) >= 11 is 0. The quantitative estimate of drug-likeness (QED) is 0.342. The van der Waals surface area contributed by atoms with Crippen LogP contribution >= 0.6 is 0 Å². The zero-order valence-electron chi connectivity index (χ0n) is 21.0. The molecule has 0 saturated carbocycles. The Bertz CT molecular complexity index is 1580. The van der Waals surface area contributed by atoms with Crippen molar-refractivity contribution in [3.8, 4) is 0 Å². The molecule has 0 aliphatic carbocycles. The van der Waals surface area contributed by atoms with Crippen molar-refractivity contribution in [2.45, 2.75) is 45.3 Å². The molecular weight excluding hydrogens is 462 g/mol. The zero-order chi connectivity index (χ0) is 25.2. The zero-order valence-corrected chi connectivity index (χ0v) is 21.0. The van der Waals surface area contributed by atoms with E-state index in [9.17, 15) is 4.79 Å².